The molecule has 19 nitrogen and oxygen atoms in total. The van der Waals surface area contributed by atoms with Gasteiger partial charge in [0.05, 0.1) is 12.0 Å². The number of hydrogen-bond acceptors (Lipinski definition) is 19. The molecule has 0 amide bonds. The molecule has 2 heterocycles. The molecular weight excluding hydrogens is 883 g/mol. The summed E-state index contributed by atoms with van der Waals surface area (Å²) >= 11 is 0.714. The van der Waals surface area contributed by atoms with Crippen LogP contribution in [0.4, 0.5) is 46.8 Å². The highest BCUT2D eigenvalue weighted by Crippen LogP contribution is 2.31. The molecule has 21 heteroatoms. The Morgan fingerprint density at radius 2 is 1.09 bits per heavy atom. The molecule has 7 N–H and O–H groups in total. The normalized spacial score (nSPS) is 11.6. The molecular formula is C45H55N13O6S2. The number of likely N-dealkylation sites (N-methyl/N-ethyl adjacent to an activating group) is 2. The molecule has 0 bridgehead atoms. The van der Waals surface area contributed by atoms with Crippen LogP contribution in [-0.2, 0) is 25.9 Å². The Balaban J connectivity index is 1.24. The quantitative estimate of drug-likeness (QED) is 0.00891. The van der Waals surface area contributed by atoms with E-state index in [1.54, 1.807) is 30.3 Å². The number of para-hydroxylation sites is 1. The van der Waals surface area contributed by atoms with Crippen LogP contribution >= 0.6 is 12.0 Å². The average Bonchev–Trinajstić information content (AvgIpc) is 3.31. The fourth-order valence-electron chi connectivity index (χ4n) is 6.65. The molecule has 6 aromatic rings. The van der Waals surface area contributed by atoms with Gasteiger partial charge in [0, 0.05) is 54.6 Å². The van der Waals surface area contributed by atoms with E-state index in [4.69, 9.17) is 14.6 Å². The van der Waals surface area contributed by atoms with Crippen LogP contribution in [0.15, 0.2) is 107 Å². The molecule has 2 aromatic heterocycles. The van der Waals surface area contributed by atoms with E-state index in [2.05, 4.69) is 94.0 Å². The van der Waals surface area contributed by atoms with Crippen molar-refractivity contribution in [1.29, 1.82) is 0 Å². The van der Waals surface area contributed by atoms with Crippen LogP contribution in [0.1, 0.15) is 50.2 Å². The van der Waals surface area contributed by atoms with Gasteiger partial charge in [0.25, 0.3) is 10.1 Å². The summed E-state index contributed by atoms with van der Waals surface area (Å²) in [5.74, 6) is 1.99. The van der Waals surface area contributed by atoms with Gasteiger partial charge in [0.15, 0.2) is 0 Å². The summed E-state index contributed by atoms with van der Waals surface area (Å²) in [5, 5.41) is 29.0. The van der Waals surface area contributed by atoms with Crippen molar-refractivity contribution < 1.29 is 27.6 Å². The standard InChI is InChI=1S/C45H55N13O6S2/c1-5-57(6-2)27-25-46-41-51-40(29-32-15-11-9-12-16-32)52-43(53-41)49-36-23-21-33(38(30-36)65-64-63-59)19-20-34-22-24-37(31-39(34)66(60,61)62)50-45-55-42(47-26-28-58(7-3)8-4)54-44(56-45)48-35-17-13-10-14-18-35/h9-24,30-31,59H,5-8,25-29H2,1-4H3,(H,60,61,62)(H2,46,49,51,52,53)(H3,47,48,50,54,55,56)/b20-19+. The predicted molar refractivity (Wildman–Crippen MR) is 260 cm³/mol. The lowest BCUT2D eigenvalue weighted by molar-refractivity contribution is -0.432. The predicted octanol–water partition coefficient (Wildman–Crippen LogP) is 8.23. The minimum Gasteiger partial charge on any atom is -0.353 e. The molecule has 0 radical (unpaired) electrons. The van der Waals surface area contributed by atoms with Crippen molar-refractivity contribution in [2.45, 2.75) is 43.9 Å². The van der Waals surface area contributed by atoms with Crippen LogP contribution in [-0.4, -0.2) is 110 Å². The molecule has 0 fully saturated rings. The monoisotopic (exact) mass is 937 g/mol. The van der Waals surface area contributed by atoms with E-state index in [-0.39, 0.29) is 22.4 Å². The highest BCUT2D eigenvalue weighted by molar-refractivity contribution is 7.94. The van der Waals surface area contributed by atoms with Gasteiger partial charge in [-0.2, -0.15) is 38.3 Å². The number of nitrogens with one attached hydrogen (secondary N) is 5. The molecule has 4 aromatic carbocycles. The van der Waals surface area contributed by atoms with Gasteiger partial charge in [-0.15, -0.1) is 4.33 Å². The van der Waals surface area contributed by atoms with Crippen molar-refractivity contribution in [1.82, 2.24) is 39.7 Å². The van der Waals surface area contributed by atoms with Gasteiger partial charge in [-0.25, -0.2) is 5.26 Å². The summed E-state index contributed by atoms with van der Waals surface area (Å²) < 4.78 is 40.9. The SMILES string of the molecule is CCN(CC)CCNc1nc(Cc2ccccc2)nc(Nc2ccc(/C=C/c3ccc(Nc4nc(NCCN(CC)CC)nc(Nc5ccccc5)n4)cc3S(=O)(=O)O)c(SOOO)c2)n1. The molecule has 66 heavy (non-hydrogen) atoms. The van der Waals surface area contributed by atoms with Crippen LogP contribution in [0.25, 0.3) is 12.2 Å². The average molecular weight is 938 g/mol. The summed E-state index contributed by atoms with van der Waals surface area (Å²) in [6, 6.07) is 29.0. The zero-order valence-corrected chi connectivity index (χ0v) is 38.8. The van der Waals surface area contributed by atoms with Crippen LogP contribution in [0.3, 0.4) is 0 Å². The van der Waals surface area contributed by atoms with E-state index in [0.29, 0.717) is 77.1 Å². The van der Waals surface area contributed by atoms with E-state index < -0.39 is 10.1 Å². The molecule has 0 aliphatic rings. The summed E-state index contributed by atoms with van der Waals surface area (Å²) in [5.41, 5.74) is 3.39. The van der Waals surface area contributed by atoms with Gasteiger partial charge in [0.1, 0.15) is 10.7 Å². The van der Waals surface area contributed by atoms with Crippen LogP contribution < -0.4 is 26.6 Å². The van der Waals surface area contributed by atoms with E-state index in [9.17, 15) is 13.0 Å². The lowest BCUT2D eigenvalue weighted by Crippen LogP contribution is -2.29. The van der Waals surface area contributed by atoms with Crippen LogP contribution in [0.2, 0.25) is 0 Å². The number of benzene rings is 4. The summed E-state index contributed by atoms with van der Waals surface area (Å²) in [6.45, 7) is 14.9. The molecule has 6 rings (SSSR count). The van der Waals surface area contributed by atoms with E-state index in [1.807, 2.05) is 60.7 Å². The molecule has 0 atom stereocenters. The Kier molecular flexibility index (Phi) is 18.5. The van der Waals surface area contributed by atoms with Crippen LogP contribution in [0, 0.1) is 0 Å². The maximum absolute atomic E-state index is 12.8. The van der Waals surface area contributed by atoms with Crippen molar-refractivity contribution >= 4 is 81.1 Å². The maximum Gasteiger partial charge on any atom is 0.295 e. The lowest BCUT2D eigenvalue weighted by Gasteiger charge is -2.18. The Bertz CT molecular complexity index is 2610. The van der Waals surface area contributed by atoms with E-state index in [0.717, 1.165) is 50.5 Å². The molecule has 0 unspecified atom stereocenters. The molecule has 0 aliphatic carbocycles. The second-order valence-corrected chi connectivity index (χ2v) is 16.7. The lowest BCUT2D eigenvalue weighted by atomic mass is 10.1. The molecule has 348 valence electrons. The van der Waals surface area contributed by atoms with E-state index in [1.165, 1.54) is 18.2 Å². The topological polar surface area (TPSA) is 237 Å². The third-order valence-corrected chi connectivity index (χ3v) is 11.7. The third kappa shape index (κ3) is 15.1. The van der Waals surface area contributed by atoms with Crippen molar-refractivity contribution in [3.63, 3.8) is 0 Å². The van der Waals surface area contributed by atoms with Gasteiger partial charge >= 0.3 is 0 Å². The van der Waals surface area contributed by atoms with Crippen molar-refractivity contribution in [2.75, 3.05) is 78.9 Å². The first-order valence-electron chi connectivity index (χ1n) is 21.5. The molecule has 0 saturated carbocycles. The van der Waals surface area contributed by atoms with Crippen molar-refractivity contribution in [3.05, 3.63) is 120 Å². The number of hydrogen-bond donors (Lipinski definition) is 7. The van der Waals surface area contributed by atoms with Gasteiger partial charge < -0.3 is 36.4 Å². The second-order valence-electron chi connectivity index (χ2n) is 14.6. The zero-order valence-electron chi connectivity index (χ0n) is 37.2. The third-order valence-electron chi connectivity index (χ3n) is 10.2. The zero-order chi connectivity index (χ0) is 46.7. The highest BCUT2D eigenvalue weighted by Gasteiger charge is 2.17. The first-order valence-corrected chi connectivity index (χ1v) is 23.7. The smallest absolute Gasteiger partial charge is 0.295 e. The van der Waals surface area contributed by atoms with Crippen LogP contribution in [0.5, 0.6) is 0 Å². The largest absolute Gasteiger partial charge is 0.353 e. The summed E-state index contributed by atoms with van der Waals surface area (Å²) in [4.78, 5) is 32.3. The number of aromatic nitrogens is 6. The second kappa shape index (κ2) is 24.8. The number of anilines is 8. The fourth-order valence-corrected chi connectivity index (χ4v) is 7.87. The summed E-state index contributed by atoms with van der Waals surface area (Å²) in [6.07, 6.45) is 3.64. The van der Waals surface area contributed by atoms with Gasteiger partial charge in [-0.05, 0) is 79.3 Å². The first kappa shape index (κ1) is 49.1. The van der Waals surface area contributed by atoms with Gasteiger partial charge in [-0.3, -0.25) is 4.55 Å². The Labute approximate surface area is 389 Å². The maximum atomic E-state index is 12.8. The van der Waals surface area contributed by atoms with E-state index >= 15 is 0 Å². The van der Waals surface area contributed by atoms with Gasteiger partial charge in [-0.1, -0.05) is 106 Å². The number of nitrogens with zero attached hydrogens (tertiary/aromatic N) is 8. The van der Waals surface area contributed by atoms with Crippen molar-refractivity contribution in [2.24, 2.45) is 0 Å². The Morgan fingerprint density at radius 3 is 1.67 bits per heavy atom. The van der Waals surface area contributed by atoms with Crippen molar-refractivity contribution in [3.8, 4) is 0 Å². The minimum absolute atomic E-state index is 0.132. The molecule has 0 aliphatic heterocycles. The Morgan fingerprint density at radius 1 is 0.606 bits per heavy atom. The van der Waals surface area contributed by atoms with Gasteiger partial charge in [0.2, 0.25) is 29.7 Å². The minimum atomic E-state index is -4.73. The first-order chi connectivity index (χ1) is 32.0. The molecule has 0 spiro atoms. The summed E-state index contributed by atoms with van der Waals surface area (Å²) in [7, 11) is -4.73. The fraction of sp³-hybridized carbons (Fsp3) is 0.289. The number of rotatable bonds is 26. The molecule has 0 saturated heterocycles. The Hall–Kier alpha value is -6.30. The highest BCUT2D eigenvalue weighted by atomic mass is 32.2.